The first kappa shape index (κ1) is 20.1. The third-order valence-electron chi connectivity index (χ3n) is 4.81. The highest BCUT2D eigenvalue weighted by Gasteiger charge is 2.19. The van der Waals surface area contributed by atoms with E-state index in [1.807, 2.05) is 91.0 Å². The van der Waals surface area contributed by atoms with Gasteiger partial charge < -0.3 is 0 Å². The summed E-state index contributed by atoms with van der Waals surface area (Å²) in [4.78, 5) is 25.7. The summed E-state index contributed by atoms with van der Waals surface area (Å²) in [6, 6.07) is 30.1. The Bertz CT molecular complexity index is 1220. The van der Waals surface area contributed by atoms with Crippen molar-refractivity contribution in [3.05, 3.63) is 124 Å². The second-order valence-corrected chi connectivity index (χ2v) is 7.09. The molecule has 0 aliphatic heterocycles. The molecule has 0 bridgehead atoms. The van der Waals surface area contributed by atoms with Crippen LogP contribution in [0.1, 0.15) is 21.7 Å². The van der Waals surface area contributed by atoms with Crippen LogP contribution in [-0.2, 0) is 6.54 Å². The number of amides is 1. The molecule has 3 aromatic carbocycles. The van der Waals surface area contributed by atoms with Gasteiger partial charge in [-0.05, 0) is 36.8 Å². The van der Waals surface area contributed by atoms with E-state index < -0.39 is 11.3 Å². The second kappa shape index (κ2) is 9.09. The summed E-state index contributed by atoms with van der Waals surface area (Å²) in [5.41, 5.74) is 5.52. The van der Waals surface area contributed by atoms with Crippen molar-refractivity contribution >= 4 is 11.6 Å². The molecule has 6 nitrogen and oxygen atoms in total. The number of benzene rings is 3. The van der Waals surface area contributed by atoms with Crippen LogP contribution in [0.5, 0.6) is 0 Å². The molecule has 0 radical (unpaired) electrons. The molecular weight excluding hydrogens is 388 g/mol. The van der Waals surface area contributed by atoms with Crippen molar-refractivity contribution in [2.75, 3.05) is 5.01 Å². The van der Waals surface area contributed by atoms with E-state index in [9.17, 15) is 9.59 Å². The summed E-state index contributed by atoms with van der Waals surface area (Å²) in [6.07, 6.45) is 0. The molecule has 0 unspecified atom stereocenters. The van der Waals surface area contributed by atoms with Crippen molar-refractivity contribution < 1.29 is 4.79 Å². The molecule has 0 aliphatic rings. The number of aryl methyl sites for hydroxylation is 1. The van der Waals surface area contributed by atoms with Gasteiger partial charge in [0, 0.05) is 11.8 Å². The molecule has 31 heavy (non-hydrogen) atoms. The Morgan fingerprint density at radius 3 is 2.13 bits per heavy atom. The van der Waals surface area contributed by atoms with E-state index in [1.165, 1.54) is 6.07 Å². The lowest BCUT2D eigenvalue weighted by Gasteiger charge is -2.25. The van der Waals surface area contributed by atoms with Crippen LogP contribution in [0.2, 0.25) is 0 Å². The molecule has 4 rings (SSSR count). The highest BCUT2D eigenvalue weighted by atomic mass is 16.2. The number of hydrogen-bond acceptors (Lipinski definition) is 4. The maximum Gasteiger partial charge on any atom is 0.294 e. The van der Waals surface area contributed by atoms with Gasteiger partial charge in [-0.2, -0.15) is 5.10 Å². The van der Waals surface area contributed by atoms with E-state index in [0.29, 0.717) is 12.2 Å². The molecule has 0 spiro atoms. The zero-order valence-corrected chi connectivity index (χ0v) is 17.1. The summed E-state index contributed by atoms with van der Waals surface area (Å²) in [7, 11) is 0. The lowest BCUT2D eigenvalue weighted by atomic mass is 10.2. The number of carbonyl (C=O) groups is 1. The van der Waals surface area contributed by atoms with E-state index >= 15 is 0 Å². The lowest BCUT2D eigenvalue weighted by Crippen LogP contribution is -2.44. The average molecular weight is 410 g/mol. The summed E-state index contributed by atoms with van der Waals surface area (Å²) in [5, 5.41) is 6.08. The summed E-state index contributed by atoms with van der Waals surface area (Å²) < 4.78 is 1.60. The predicted octanol–water partition coefficient (Wildman–Crippen LogP) is 3.89. The SMILES string of the molecule is Cc1cc(=O)c(C(=O)NN(Cc2ccccc2)c2ccccc2)nn1-c1ccccc1. The third kappa shape index (κ3) is 4.70. The number of aromatic nitrogens is 2. The standard InChI is InChI=1S/C25H22N4O2/c1-19-17-23(30)24(26-29(19)22-15-9-4-10-16-22)25(31)27-28(21-13-7-3-8-14-21)18-20-11-5-2-6-12-20/h2-17H,18H2,1H3,(H,27,31). The van der Waals surface area contributed by atoms with Crippen molar-refractivity contribution in [3.63, 3.8) is 0 Å². The minimum atomic E-state index is -0.561. The van der Waals surface area contributed by atoms with Crippen LogP contribution in [0.3, 0.4) is 0 Å². The Morgan fingerprint density at radius 2 is 1.48 bits per heavy atom. The van der Waals surface area contributed by atoms with Crippen molar-refractivity contribution in [1.29, 1.82) is 0 Å². The molecule has 6 heteroatoms. The molecule has 1 aromatic heterocycles. The van der Waals surface area contributed by atoms with Gasteiger partial charge in [-0.25, -0.2) is 4.68 Å². The van der Waals surface area contributed by atoms with E-state index in [-0.39, 0.29) is 5.69 Å². The van der Waals surface area contributed by atoms with E-state index in [1.54, 1.807) is 16.6 Å². The van der Waals surface area contributed by atoms with E-state index in [0.717, 1.165) is 16.9 Å². The summed E-state index contributed by atoms with van der Waals surface area (Å²) >= 11 is 0. The van der Waals surface area contributed by atoms with Gasteiger partial charge in [0.2, 0.25) is 5.43 Å². The lowest BCUT2D eigenvalue weighted by molar-refractivity contribution is 0.0940. The molecule has 154 valence electrons. The van der Waals surface area contributed by atoms with E-state index in [2.05, 4.69) is 10.5 Å². The normalized spacial score (nSPS) is 10.5. The number of rotatable bonds is 6. The number of nitrogens with zero attached hydrogens (tertiary/aromatic N) is 3. The first-order valence-electron chi connectivity index (χ1n) is 9.96. The van der Waals surface area contributed by atoms with Gasteiger partial charge in [0.05, 0.1) is 17.9 Å². The molecule has 4 aromatic rings. The zero-order chi connectivity index (χ0) is 21.6. The van der Waals surface area contributed by atoms with Crippen LogP contribution in [0.15, 0.2) is 102 Å². The van der Waals surface area contributed by atoms with Crippen LogP contribution >= 0.6 is 0 Å². The number of hydrazine groups is 1. The van der Waals surface area contributed by atoms with Crippen LogP contribution in [0, 0.1) is 6.92 Å². The molecule has 0 fully saturated rings. The molecule has 0 saturated carbocycles. The monoisotopic (exact) mass is 410 g/mol. The number of nitrogens with one attached hydrogen (secondary N) is 1. The Labute approximate surface area is 180 Å². The first-order chi connectivity index (χ1) is 15.1. The number of carbonyl (C=O) groups excluding carboxylic acids is 1. The van der Waals surface area contributed by atoms with Crippen LogP contribution in [0.25, 0.3) is 5.69 Å². The van der Waals surface area contributed by atoms with E-state index in [4.69, 9.17) is 0 Å². The first-order valence-corrected chi connectivity index (χ1v) is 9.96. The Kier molecular flexibility index (Phi) is 5.89. The van der Waals surface area contributed by atoms with Crippen molar-refractivity contribution in [2.45, 2.75) is 13.5 Å². The van der Waals surface area contributed by atoms with Crippen LogP contribution in [0.4, 0.5) is 5.69 Å². The van der Waals surface area contributed by atoms with Gasteiger partial charge in [0.25, 0.3) is 5.91 Å². The molecule has 1 heterocycles. The van der Waals surface area contributed by atoms with Gasteiger partial charge in [0.15, 0.2) is 5.69 Å². The van der Waals surface area contributed by atoms with Crippen molar-refractivity contribution in [3.8, 4) is 5.69 Å². The molecule has 1 amide bonds. The minimum Gasteiger partial charge on any atom is -0.287 e. The molecule has 0 atom stereocenters. The van der Waals surface area contributed by atoms with Crippen molar-refractivity contribution in [1.82, 2.24) is 15.2 Å². The Balaban J connectivity index is 1.66. The summed E-state index contributed by atoms with van der Waals surface area (Å²) in [5.74, 6) is -0.561. The maximum atomic E-state index is 13.1. The number of hydrogen-bond donors (Lipinski definition) is 1. The quantitative estimate of drug-likeness (QED) is 0.490. The molecule has 1 N–H and O–H groups in total. The van der Waals surface area contributed by atoms with Gasteiger partial charge in [-0.1, -0.05) is 66.7 Å². The minimum absolute atomic E-state index is 0.163. The van der Waals surface area contributed by atoms with Gasteiger partial charge >= 0.3 is 0 Å². The van der Waals surface area contributed by atoms with Crippen molar-refractivity contribution in [2.24, 2.45) is 0 Å². The highest BCUT2D eigenvalue weighted by molar-refractivity contribution is 5.93. The topological polar surface area (TPSA) is 67.2 Å². The third-order valence-corrected chi connectivity index (χ3v) is 4.81. The predicted molar refractivity (Wildman–Crippen MR) is 121 cm³/mol. The maximum absolute atomic E-state index is 13.1. The van der Waals surface area contributed by atoms with Gasteiger partial charge in [-0.3, -0.25) is 20.0 Å². The Hall–Kier alpha value is -4.19. The highest BCUT2D eigenvalue weighted by Crippen LogP contribution is 2.15. The van der Waals surface area contributed by atoms with Gasteiger partial charge in [0.1, 0.15) is 0 Å². The molecular formula is C25H22N4O2. The molecule has 0 aliphatic carbocycles. The number of anilines is 1. The number of para-hydroxylation sites is 2. The Morgan fingerprint density at radius 1 is 0.903 bits per heavy atom. The zero-order valence-electron chi connectivity index (χ0n) is 17.1. The smallest absolute Gasteiger partial charge is 0.287 e. The second-order valence-electron chi connectivity index (χ2n) is 7.09. The fourth-order valence-corrected chi connectivity index (χ4v) is 3.28. The molecule has 0 saturated heterocycles. The fourth-order valence-electron chi connectivity index (χ4n) is 3.28. The largest absolute Gasteiger partial charge is 0.294 e. The fraction of sp³-hybridized carbons (Fsp3) is 0.0800. The summed E-state index contributed by atoms with van der Waals surface area (Å²) in [6.45, 7) is 2.23. The average Bonchev–Trinajstić information content (AvgIpc) is 2.80. The van der Waals surface area contributed by atoms with Crippen LogP contribution in [-0.4, -0.2) is 15.7 Å². The van der Waals surface area contributed by atoms with Crippen LogP contribution < -0.4 is 15.9 Å². The van der Waals surface area contributed by atoms with Gasteiger partial charge in [-0.15, -0.1) is 0 Å².